The van der Waals surface area contributed by atoms with Crippen molar-refractivity contribution in [1.29, 1.82) is 0 Å². The second-order valence-corrected chi connectivity index (χ2v) is 7.74. The van der Waals surface area contributed by atoms with Gasteiger partial charge in [-0.1, -0.05) is 12.1 Å². The molecule has 1 saturated heterocycles. The summed E-state index contributed by atoms with van der Waals surface area (Å²) in [5.41, 5.74) is 2.87. The first-order valence-electron chi connectivity index (χ1n) is 10.5. The summed E-state index contributed by atoms with van der Waals surface area (Å²) in [7, 11) is 0. The molecule has 0 radical (unpaired) electrons. The molecule has 3 aromatic rings. The molecule has 0 saturated carbocycles. The van der Waals surface area contributed by atoms with Crippen LogP contribution in [-0.4, -0.2) is 43.7 Å². The topological polar surface area (TPSA) is 60.8 Å². The normalized spacial score (nSPS) is 15.5. The molecule has 1 unspecified atom stereocenters. The van der Waals surface area contributed by atoms with Crippen LogP contribution in [0.1, 0.15) is 17.4 Å². The first-order valence-corrected chi connectivity index (χ1v) is 10.5. The van der Waals surface area contributed by atoms with E-state index in [1.165, 1.54) is 12.1 Å². The van der Waals surface area contributed by atoms with E-state index in [9.17, 15) is 9.18 Å². The van der Waals surface area contributed by atoms with E-state index in [0.29, 0.717) is 6.54 Å². The third-order valence-electron chi connectivity index (χ3n) is 5.55. The van der Waals surface area contributed by atoms with Crippen molar-refractivity contribution in [2.45, 2.75) is 13.0 Å². The molecule has 7 heteroatoms. The lowest BCUT2D eigenvalue weighted by molar-refractivity contribution is 0.162. The van der Waals surface area contributed by atoms with E-state index in [0.717, 1.165) is 48.9 Å². The van der Waals surface area contributed by atoms with E-state index in [4.69, 9.17) is 4.42 Å². The Balaban J connectivity index is 1.36. The number of nitrogens with one attached hydrogen (secondary N) is 2. The van der Waals surface area contributed by atoms with Crippen LogP contribution >= 0.6 is 0 Å². The minimum absolute atomic E-state index is 0.0615. The second-order valence-electron chi connectivity index (χ2n) is 7.74. The summed E-state index contributed by atoms with van der Waals surface area (Å²) >= 11 is 0. The van der Waals surface area contributed by atoms with Crippen LogP contribution in [0.5, 0.6) is 0 Å². The highest BCUT2D eigenvalue weighted by Gasteiger charge is 2.27. The molecule has 2 aromatic carbocycles. The minimum Gasteiger partial charge on any atom is -0.468 e. The van der Waals surface area contributed by atoms with Crippen molar-refractivity contribution in [2.24, 2.45) is 0 Å². The van der Waals surface area contributed by atoms with Crippen molar-refractivity contribution >= 4 is 17.4 Å². The quantitative estimate of drug-likeness (QED) is 0.618. The molecule has 2 amide bonds. The molecule has 1 fully saturated rings. The average molecular weight is 423 g/mol. The lowest BCUT2D eigenvalue weighted by Crippen LogP contribution is -2.50. The first-order chi connectivity index (χ1) is 15.1. The summed E-state index contributed by atoms with van der Waals surface area (Å²) in [5, 5.41) is 5.86. The number of halogens is 1. The zero-order valence-corrected chi connectivity index (χ0v) is 17.6. The lowest BCUT2D eigenvalue weighted by atomic mass is 10.1. The Morgan fingerprint density at radius 3 is 2.52 bits per heavy atom. The highest BCUT2D eigenvalue weighted by atomic mass is 19.1. The number of hydrogen-bond acceptors (Lipinski definition) is 4. The van der Waals surface area contributed by atoms with E-state index < -0.39 is 0 Å². The molecule has 0 aliphatic carbocycles. The maximum atomic E-state index is 13.2. The van der Waals surface area contributed by atoms with Crippen LogP contribution in [-0.2, 0) is 0 Å². The molecule has 31 heavy (non-hydrogen) atoms. The van der Waals surface area contributed by atoms with Gasteiger partial charge >= 0.3 is 6.03 Å². The van der Waals surface area contributed by atoms with Gasteiger partial charge in [-0.05, 0) is 61.0 Å². The Morgan fingerprint density at radius 2 is 1.84 bits per heavy atom. The van der Waals surface area contributed by atoms with Gasteiger partial charge in [0.15, 0.2) is 0 Å². The van der Waals surface area contributed by atoms with Gasteiger partial charge in [0.25, 0.3) is 0 Å². The van der Waals surface area contributed by atoms with Crippen molar-refractivity contribution in [3.8, 4) is 0 Å². The third kappa shape index (κ3) is 5.44. The zero-order valence-electron chi connectivity index (χ0n) is 17.6. The molecule has 0 bridgehead atoms. The van der Waals surface area contributed by atoms with Gasteiger partial charge in [0.05, 0.1) is 12.3 Å². The molecule has 0 spiro atoms. The zero-order chi connectivity index (χ0) is 21.6. The summed E-state index contributed by atoms with van der Waals surface area (Å²) < 4.78 is 18.9. The number of urea groups is 1. The van der Waals surface area contributed by atoms with Crippen LogP contribution in [0.4, 0.5) is 20.6 Å². The summed E-state index contributed by atoms with van der Waals surface area (Å²) in [6.07, 6.45) is 1.66. The standard InChI is InChI=1S/C24H27FN4O2/c1-18-4-2-5-20(16-18)27-24(30)26-17-22(23-6-3-15-31-23)29-13-11-28(12-14-29)21-9-7-19(25)8-10-21/h2-10,15-16,22H,11-14,17H2,1H3,(H2,26,27,30). The molecular weight excluding hydrogens is 395 g/mol. The van der Waals surface area contributed by atoms with Crippen molar-refractivity contribution in [3.05, 3.63) is 84.1 Å². The third-order valence-corrected chi connectivity index (χ3v) is 5.55. The van der Waals surface area contributed by atoms with E-state index in [-0.39, 0.29) is 17.9 Å². The molecule has 2 N–H and O–H groups in total. The molecule has 1 aliphatic heterocycles. The molecule has 1 aromatic heterocycles. The van der Waals surface area contributed by atoms with E-state index in [1.54, 1.807) is 6.26 Å². The fourth-order valence-electron chi connectivity index (χ4n) is 3.92. The Kier molecular flexibility index (Phi) is 6.52. The Labute approximate surface area is 181 Å². The number of benzene rings is 2. The van der Waals surface area contributed by atoms with Crippen molar-refractivity contribution < 1.29 is 13.6 Å². The minimum atomic E-state index is -0.243. The first kappa shape index (κ1) is 20.9. The van der Waals surface area contributed by atoms with Gasteiger partial charge in [0.1, 0.15) is 11.6 Å². The van der Waals surface area contributed by atoms with E-state index in [1.807, 2.05) is 55.5 Å². The summed E-state index contributed by atoms with van der Waals surface area (Å²) in [6.45, 7) is 5.67. The molecule has 1 aliphatic rings. The van der Waals surface area contributed by atoms with E-state index in [2.05, 4.69) is 20.4 Å². The molecule has 2 heterocycles. The molecule has 4 rings (SSSR count). The van der Waals surface area contributed by atoms with Gasteiger partial charge in [-0.2, -0.15) is 0 Å². The highest BCUT2D eigenvalue weighted by Crippen LogP contribution is 2.24. The van der Waals surface area contributed by atoms with Crippen molar-refractivity contribution in [3.63, 3.8) is 0 Å². The van der Waals surface area contributed by atoms with Crippen LogP contribution < -0.4 is 15.5 Å². The number of rotatable bonds is 6. The van der Waals surface area contributed by atoms with Crippen LogP contribution in [0.3, 0.4) is 0 Å². The Morgan fingerprint density at radius 1 is 1.06 bits per heavy atom. The van der Waals surface area contributed by atoms with Gasteiger partial charge in [-0.15, -0.1) is 0 Å². The summed E-state index contributed by atoms with van der Waals surface area (Å²) in [5.74, 6) is 0.598. The van der Waals surface area contributed by atoms with Gasteiger partial charge in [0, 0.05) is 44.1 Å². The van der Waals surface area contributed by atoms with Crippen LogP contribution in [0.25, 0.3) is 0 Å². The summed E-state index contributed by atoms with van der Waals surface area (Å²) in [4.78, 5) is 17.0. The van der Waals surface area contributed by atoms with Crippen molar-refractivity contribution in [1.82, 2.24) is 10.2 Å². The van der Waals surface area contributed by atoms with E-state index >= 15 is 0 Å². The van der Waals surface area contributed by atoms with Crippen LogP contribution in [0, 0.1) is 12.7 Å². The SMILES string of the molecule is Cc1cccc(NC(=O)NCC(c2ccco2)N2CCN(c3ccc(F)cc3)CC2)c1. The fourth-order valence-corrected chi connectivity index (χ4v) is 3.92. The largest absolute Gasteiger partial charge is 0.468 e. The monoisotopic (exact) mass is 422 g/mol. The van der Waals surface area contributed by atoms with Crippen LogP contribution in [0.15, 0.2) is 71.3 Å². The highest BCUT2D eigenvalue weighted by molar-refractivity contribution is 5.89. The number of carbonyl (C=O) groups is 1. The molecule has 6 nitrogen and oxygen atoms in total. The number of piperazine rings is 1. The number of hydrogen-bond donors (Lipinski definition) is 2. The lowest BCUT2D eigenvalue weighted by Gasteiger charge is -2.39. The predicted molar refractivity (Wildman–Crippen MR) is 120 cm³/mol. The van der Waals surface area contributed by atoms with Gasteiger partial charge < -0.3 is 20.0 Å². The second kappa shape index (κ2) is 9.66. The van der Waals surface area contributed by atoms with Gasteiger partial charge in [-0.25, -0.2) is 9.18 Å². The molecular formula is C24H27FN4O2. The number of anilines is 2. The average Bonchev–Trinajstić information content (AvgIpc) is 3.30. The number of carbonyl (C=O) groups excluding carboxylic acids is 1. The number of amides is 2. The number of furan rings is 1. The smallest absolute Gasteiger partial charge is 0.319 e. The number of aryl methyl sites for hydroxylation is 1. The summed E-state index contributed by atoms with van der Waals surface area (Å²) in [6, 6.07) is 17.8. The van der Waals surface area contributed by atoms with Crippen LogP contribution in [0.2, 0.25) is 0 Å². The fraction of sp³-hybridized carbons (Fsp3) is 0.292. The number of nitrogens with zero attached hydrogens (tertiary/aromatic N) is 2. The maximum Gasteiger partial charge on any atom is 0.319 e. The van der Waals surface area contributed by atoms with Crippen molar-refractivity contribution in [2.75, 3.05) is 42.9 Å². The molecule has 162 valence electrons. The maximum absolute atomic E-state index is 13.2. The Bertz CT molecular complexity index is 983. The Hall–Kier alpha value is -3.32. The molecule has 1 atom stereocenters. The predicted octanol–water partition coefficient (Wildman–Crippen LogP) is 4.41. The van der Waals surface area contributed by atoms with Gasteiger partial charge in [-0.3, -0.25) is 4.90 Å². The van der Waals surface area contributed by atoms with Gasteiger partial charge in [0.2, 0.25) is 0 Å².